The third-order valence-electron chi connectivity index (χ3n) is 2.19. The summed E-state index contributed by atoms with van der Waals surface area (Å²) in [4.78, 5) is 0. The Labute approximate surface area is 121 Å². The standard InChI is InChI=1S/C12H10O.C6H10O/c1-3-7-11(8-4-1)13-12-9-5-2-6-10-12;1-3-5-7-6-4-2/h1-10H;3-4H,1-2,5-6H2. The van der Waals surface area contributed by atoms with Gasteiger partial charge in [0.15, 0.2) is 0 Å². The maximum Gasteiger partial charge on any atom is 0.127 e. The molecule has 20 heavy (non-hydrogen) atoms. The Morgan fingerprint density at radius 2 is 1.10 bits per heavy atom. The van der Waals surface area contributed by atoms with E-state index in [-0.39, 0.29) is 0 Å². The molecule has 0 atom stereocenters. The molecule has 0 aliphatic carbocycles. The van der Waals surface area contributed by atoms with Crippen LogP contribution in [0.15, 0.2) is 86.0 Å². The predicted octanol–water partition coefficient (Wildman–Crippen LogP) is 4.85. The fraction of sp³-hybridized carbons (Fsp3) is 0.111. The van der Waals surface area contributed by atoms with E-state index in [0.29, 0.717) is 13.2 Å². The molecule has 0 amide bonds. The van der Waals surface area contributed by atoms with Crippen molar-refractivity contribution in [3.63, 3.8) is 0 Å². The zero-order chi connectivity index (χ0) is 14.5. The van der Waals surface area contributed by atoms with E-state index in [9.17, 15) is 0 Å². The Hall–Kier alpha value is -2.32. The molecule has 0 radical (unpaired) electrons. The van der Waals surface area contributed by atoms with Gasteiger partial charge in [-0.15, -0.1) is 13.2 Å². The molecule has 0 saturated carbocycles. The average Bonchev–Trinajstić information content (AvgIpc) is 2.51. The second kappa shape index (κ2) is 10.6. The van der Waals surface area contributed by atoms with Crippen LogP contribution >= 0.6 is 0 Å². The van der Waals surface area contributed by atoms with Gasteiger partial charge in [0, 0.05) is 0 Å². The largest absolute Gasteiger partial charge is 0.457 e. The van der Waals surface area contributed by atoms with Crippen LogP contribution < -0.4 is 4.74 Å². The Morgan fingerprint density at radius 3 is 1.45 bits per heavy atom. The third kappa shape index (κ3) is 7.19. The molecule has 2 nitrogen and oxygen atoms in total. The molecule has 0 N–H and O–H groups in total. The quantitative estimate of drug-likeness (QED) is 0.550. The van der Waals surface area contributed by atoms with Gasteiger partial charge in [-0.1, -0.05) is 48.6 Å². The molecular formula is C18H20O2. The molecule has 2 heteroatoms. The van der Waals surface area contributed by atoms with Gasteiger partial charge >= 0.3 is 0 Å². The van der Waals surface area contributed by atoms with Crippen LogP contribution in [0, 0.1) is 0 Å². The van der Waals surface area contributed by atoms with Crippen molar-refractivity contribution in [1.82, 2.24) is 0 Å². The van der Waals surface area contributed by atoms with Crippen molar-refractivity contribution < 1.29 is 9.47 Å². The Bertz CT molecular complexity index is 432. The van der Waals surface area contributed by atoms with Crippen molar-refractivity contribution in [3.8, 4) is 11.5 Å². The lowest BCUT2D eigenvalue weighted by Crippen LogP contribution is -1.87. The summed E-state index contributed by atoms with van der Waals surface area (Å²) < 4.78 is 10.5. The second-order valence-electron chi connectivity index (χ2n) is 3.84. The lowest BCUT2D eigenvalue weighted by molar-refractivity contribution is 0.194. The van der Waals surface area contributed by atoms with E-state index in [2.05, 4.69) is 13.2 Å². The molecule has 0 fully saturated rings. The fourth-order valence-electron chi connectivity index (χ4n) is 1.35. The van der Waals surface area contributed by atoms with Crippen LogP contribution in [0.25, 0.3) is 0 Å². The van der Waals surface area contributed by atoms with Gasteiger partial charge in [0.25, 0.3) is 0 Å². The maximum atomic E-state index is 5.58. The second-order valence-corrected chi connectivity index (χ2v) is 3.84. The highest BCUT2D eigenvalue weighted by atomic mass is 16.5. The van der Waals surface area contributed by atoms with Crippen LogP contribution in [0.2, 0.25) is 0 Å². The molecule has 0 aliphatic heterocycles. The molecule has 0 unspecified atom stereocenters. The lowest BCUT2D eigenvalue weighted by Gasteiger charge is -2.03. The van der Waals surface area contributed by atoms with Crippen molar-refractivity contribution >= 4 is 0 Å². The Balaban J connectivity index is 0.000000246. The predicted molar refractivity (Wildman–Crippen MR) is 84.2 cm³/mol. The summed E-state index contributed by atoms with van der Waals surface area (Å²) in [7, 11) is 0. The first kappa shape index (κ1) is 15.7. The summed E-state index contributed by atoms with van der Waals surface area (Å²) in [6.45, 7) is 8.18. The van der Waals surface area contributed by atoms with E-state index in [0.717, 1.165) is 11.5 Å². The Kier molecular flexibility index (Phi) is 8.33. The minimum Gasteiger partial charge on any atom is -0.457 e. The van der Waals surface area contributed by atoms with Crippen molar-refractivity contribution in [2.45, 2.75) is 0 Å². The first-order valence-electron chi connectivity index (χ1n) is 6.44. The summed E-state index contributed by atoms with van der Waals surface area (Å²) in [6.07, 6.45) is 3.42. The average molecular weight is 268 g/mol. The van der Waals surface area contributed by atoms with Gasteiger partial charge in [0.1, 0.15) is 11.5 Å². The number of benzene rings is 2. The third-order valence-corrected chi connectivity index (χ3v) is 2.19. The minimum absolute atomic E-state index is 0.617. The van der Waals surface area contributed by atoms with E-state index in [1.54, 1.807) is 12.2 Å². The van der Waals surface area contributed by atoms with Gasteiger partial charge in [-0.05, 0) is 24.3 Å². The molecule has 0 spiro atoms. The van der Waals surface area contributed by atoms with Crippen molar-refractivity contribution in [2.75, 3.05) is 13.2 Å². The lowest BCUT2D eigenvalue weighted by atomic mass is 10.3. The molecule has 2 aromatic rings. The summed E-state index contributed by atoms with van der Waals surface area (Å²) >= 11 is 0. The molecule has 0 aliphatic rings. The van der Waals surface area contributed by atoms with Crippen LogP contribution in [0.1, 0.15) is 0 Å². The van der Waals surface area contributed by atoms with E-state index in [1.165, 1.54) is 0 Å². The number of para-hydroxylation sites is 2. The van der Waals surface area contributed by atoms with Crippen LogP contribution in [0.4, 0.5) is 0 Å². The number of hydrogen-bond acceptors (Lipinski definition) is 2. The molecule has 104 valence electrons. The summed E-state index contributed by atoms with van der Waals surface area (Å²) in [5.41, 5.74) is 0. The van der Waals surface area contributed by atoms with Gasteiger partial charge in [-0.3, -0.25) is 0 Å². The Morgan fingerprint density at radius 1 is 0.700 bits per heavy atom. The van der Waals surface area contributed by atoms with E-state index in [4.69, 9.17) is 9.47 Å². The summed E-state index contributed by atoms with van der Waals surface area (Å²) in [5.74, 6) is 1.74. The SMILES string of the molecule is C=CCOCC=C.c1ccc(Oc2ccccc2)cc1. The molecule has 0 saturated heterocycles. The molecule has 0 bridgehead atoms. The van der Waals surface area contributed by atoms with Crippen molar-refractivity contribution in [2.24, 2.45) is 0 Å². The van der Waals surface area contributed by atoms with Crippen molar-refractivity contribution in [3.05, 3.63) is 86.0 Å². The number of ether oxygens (including phenoxy) is 2. The van der Waals surface area contributed by atoms with E-state index >= 15 is 0 Å². The highest BCUT2D eigenvalue weighted by Gasteiger charge is 1.92. The molecule has 0 heterocycles. The topological polar surface area (TPSA) is 18.5 Å². The van der Waals surface area contributed by atoms with Crippen molar-refractivity contribution in [1.29, 1.82) is 0 Å². The van der Waals surface area contributed by atoms with Crippen LogP contribution in [0.5, 0.6) is 11.5 Å². The maximum absolute atomic E-state index is 5.58. The van der Waals surface area contributed by atoms with Gasteiger partial charge in [-0.2, -0.15) is 0 Å². The minimum atomic E-state index is 0.617. The fourth-order valence-corrected chi connectivity index (χ4v) is 1.35. The zero-order valence-electron chi connectivity index (χ0n) is 11.6. The van der Waals surface area contributed by atoms with E-state index < -0.39 is 0 Å². The normalized spacial score (nSPS) is 9.00. The van der Waals surface area contributed by atoms with E-state index in [1.807, 2.05) is 60.7 Å². The zero-order valence-corrected chi connectivity index (χ0v) is 11.6. The van der Waals surface area contributed by atoms with Crippen LogP contribution in [-0.2, 0) is 4.74 Å². The smallest absolute Gasteiger partial charge is 0.127 e. The number of hydrogen-bond donors (Lipinski definition) is 0. The highest BCUT2D eigenvalue weighted by molar-refractivity contribution is 5.30. The van der Waals surface area contributed by atoms with Gasteiger partial charge in [0.05, 0.1) is 13.2 Å². The first-order chi connectivity index (χ1) is 9.86. The number of rotatable bonds is 6. The highest BCUT2D eigenvalue weighted by Crippen LogP contribution is 2.19. The molecule has 0 aromatic heterocycles. The van der Waals surface area contributed by atoms with Gasteiger partial charge < -0.3 is 9.47 Å². The van der Waals surface area contributed by atoms with Crippen LogP contribution in [0.3, 0.4) is 0 Å². The summed E-state index contributed by atoms with van der Waals surface area (Å²) in [5, 5.41) is 0. The van der Waals surface area contributed by atoms with Gasteiger partial charge in [0.2, 0.25) is 0 Å². The molecule has 2 rings (SSSR count). The van der Waals surface area contributed by atoms with Crippen LogP contribution in [-0.4, -0.2) is 13.2 Å². The molecule has 2 aromatic carbocycles. The summed E-state index contributed by atoms with van der Waals surface area (Å²) in [6, 6.07) is 19.5. The monoisotopic (exact) mass is 268 g/mol. The first-order valence-corrected chi connectivity index (χ1v) is 6.44. The molecular weight excluding hydrogens is 248 g/mol. The van der Waals surface area contributed by atoms with Gasteiger partial charge in [-0.25, -0.2) is 0 Å².